The van der Waals surface area contributed by atoms with Crippen LogP contribution in [-0.2, 0) is 9.84 Å². The molecule has 0 aliphatic heterocycles. The third-order valence-electron chi connectivity index (χ3n) is 2.84. The van der Waals surface area contributed by atoms with E-state index in [0.717, 1.165) is 11.1 Å². The van der Waals surface area contributed by atoms with E-state index < -0.39 is 9.84 Å². The lowest BCUT2D eigenvalue weighted by Crippen LogP contribution is -2.01. The number of sulfone groups is 1. The van der Waals surface area contributed by atoms with E-state index in [0.29, 0.717) is 12.4 Å². The van der Waals surface area contributed by atoms with Crippen molar-refractivity contribution < 1.29 is 13.2 Å². The zero-order valence-electron chi connectivity index (χ0n) is 11.6. The Morgan fingerprint density at radius 3 is 2.28 bits per heavy atom. The third-order valence-corrected chi connectivity index (χ3v) is 3.95. The van der Waals surface area contributed by atoms with Gasteiger partial charge in [0.1, 0.15) is 5.75 Å². The number of hydrogen-bond donors (Lipinski definition) is 0. The van der Waals surface area contributed by atoms with Crippen LogP contribution >= 0.6 is 0 Å². The molecule has 0 amide bonds. The zero-order chi connectivity index (χ0) is 13.9. The summed E-state index contributed by atoms with van der Waals surface area (Å²) in [5, 5.41) is 0. The average Bonchev–Trinajstić information content (AvgIpc) is 2.27. The van der Waals surface area contributed by atoms with Crippen LogP contribution in [0.1, 0.15) is 33.3 Å². The number of allylic oxidation sites excluding steroid dienone is 2. The van der Waals surface area contributed by atoms with Crippen molar-refractivity contribution in [3.05, 3.63) is 29.3 Å². The van der Waals surface area contributed by atoms with Crippen molar-refractivity contribution >= 4 is 15.4 Å². The second kappa shape index (κ2) is 5.57. The molecular formula is C14H20O3S. The van der Waals surface area contributed by atoms with E-state index in [1.165, 1.54) is 11.8 Å². The molecule has 0 N–H and O–H groups in total. The average molecular weight is 268 g/mol. The fraction of sp³-hybridized carbons (Fsp3) is 0.429. The van der Waals surface area contributed by atoms with Crippen LogP contribution in [0.5, 0.6) is 5.75 Å². The summed E-state index contributed by atoms with van der Waals surface area (Å²) in [4.78, 5) is 0.288. The summed E-state index contributed by atoms with van der Waals surface area (Å²) >= 11 is 0. The summed E-state index contributed by atoms with van der Waals surface area (Å²) < 4.78 is 28.6. The van der Waals surface area contributed by atoms with Crippen LogP contribution in [-0.4, -0.2) is 21.3 Å². The van der Waals surface area contributed by atoms with Crippen molar-refractivity contribution in [3.63, 3.8) is 0 Å². The summed E-state index contributed by atoms with van der Waals surface area (Å²) in [7, 11) is -3.20. The van der Waals surface area contributed by atoms with Gasteiger partial charge in [0, 0.05) is 11.8 Å². The van der Waals surface area contributed by atoms with Crippen molar-refractivity contribution in [2.24, 2.45) is 0 Å². The molecule has 0 bridgehead atoms. The lowest BCUT2D eigenvalue weighted by molar-refractivity contribution is 0.338. The van der Waals surface area contributed by atoms with E-state index >= 15 is 0 Å². The molecule has 0 unspecified atom stereocenters. The Morgan fingerprint density at radius 1 is 1.22 bits per heavy atom. The van der Waals surface area contributed by atoms with Crippen LogP contribution in [0.4, 0.5) is 0 Å². The molecule has 0 aliphatic carbocycles. The second-order valence-corrected chi connectivity index (χ2v) is 6.50. The lowest BCUT2D eigenvalue weighted by atomic mass is 10.0. The molecule has 0 atom stereocenters. The number of ether oxygens (including phenoxy) is 1. The molecule has 3 nitrogen and oxygen atoms in total. The Morgan fingerprint density at radius 2 is 1.83 bits per heavy atom. The fourth-order valence-corrected chi connectivity index (χ4v) is 2.22. The fourth-order valence-electron chi connectivity index (χ4n) is 1.59. The van der Waals surface area contributed by atoms with Gasteiger partial charge in [-0.1, -0.05) is 5.57 Å². The van der Waals surface area contributed by atoms with Gasteiger partial charge >= 0.3 is 0 Å². The molecule has 0 heterocycles. The predicted molar refractivity (Wildman–Crippen MR) is 74.7 cm³/mol. The molecule has 1 aromatic carbocycles. The Hall–Kier alpha value is -1.29. The van der Waals surface area contributed by atoms with E-state index in [1.807, 2.05) is 33.8 Å². The Labute approximate surface area is 109 Å². The summed E-state index contributed by atoms with van der Waals surface area (Å²) in [6.45, 7) is 8.45. The van der Waals surface area contributed by atoms with Crippen LogP contribution in [0.25, 0.3) is 5.57 Å². The maximum absolute atomic E-state index is 11.5. The predicted octanol–water partition coefficient (Wildman–Crippen LogP) is 3.30. The Balaban J connectivity index is 3.43. The molecule has 0 saturated carbocycles. The van der Waals surface area contributed by atoms with E-state index in [9.17, 15) is 8.42 Å². The minimum Gasteiger partial charge on any atom is -0.493 e. The molecule has 1 rings (SSSR count). The molecule has 0 saturated heterocycles. The van der Waals surface area contributed by atoms with Crippen molar-refractivity contribution in [3.8, 4) is 5.75 Å². The normalized spacial score (nSPS) is 11.2. The van der Waals surface area contributed by atoms with Crippen molar-refractivity contribution in [2.75, 3.05) is 12.9 Å². The third kappa shape index (κ3) is 3.35. The smallest absolute Gasteiger partial charge is 0.175 e. The first-order valence-corrected chi connectivity index (χ1v) is 7.78. The molecule has 0 aromatic heterocycles. The molecule has 0 aliphatic rings. The largest absolute Gasteiger partial charge is 0.493 e. The van der Waals surface area contributed by atoms with Gasteiger partial charge in [-0.2, -0.15) is 0 Å². The zero-order valence-corrected chi connectivity index (χ0v) is 12.4. The minimum atomic E-state index is -3.20. The van der Waals surface area contributed by atoms with Crippen molar-refractivity contribution in [1.29, 1.82) is 0 Å². The van der Waals surface area contributed by atoms with Crippen LogP contribution in [0.15, 0.2) is 28.7 Å². The van der Waals surface area contributed by atoms with E-state index in [4.69, 9.17) is 4.74 Å². The molecule has 100 valence electrons. The highest BCUT2D eigenvalue weighted by Crippen LogP contribution is 2.30. The molecule has 18 heavy (non-hydrogen) atoms. The SMILES string of the molecule is CCOc1cc(S(C)(=O)=O)ccc1C(C)=C(C)C. The van der Waals surface area contributed by atoms with Crippen LogP contribution in [0.3, 0.4) is 0 Å². The molecule has 0 radical (unpaired) electrons. The monoisotopic (exact) mass is 268 g/mol. The topological polar surface area (TPSA) is 43.4 Å². The highest BCUT2D eigenvalue weighted by atomic mass is 32.2. The maximum Gasteiger partial charge on any atom is 0.175 e. The second-order valence-electron chi connectivity index (χ2n) is 4.49. The van der Waals surface area contributed by atoms with Crippen molar-refractivity contribution in [2.45, 2.75) is 32.6 Å². The van der Waals surface area contributed by atoms with E-state index in [-0.39, 0.29) is 4.90 Å². The van der Waals surface area contributed by atoms with Crippen LogP contribution in [0, 0.1) is 0 Å². The first-order chi connectivity index (χ1) is 8.27. The lowest BCUT2D eigenvalue weighted by Gasteiger charge is -2.13. The van der Waals surface area contributed by atoms with Gasteiger partial charge in [0.15, 0.2) is 9.84 Å². The molecule has 0 fully saturated rings. The number of rotatable bonds is 4. The van der Waals surface area contributed by atoms with Gasteiger partial charge in [0.2, 0.25) is 0 Å². The van der Waals surface area contributed by atoms with Gasteiger partial charge in [0.25, 0.3) is 0 Å². The minimum absolute atomic E-state index is 0.288. The summed E-state index contributed by atoms with van der Waals surface area (Å²) in [5.74, 6) is 0.624. The summed E-state index contributed by atoms with van der Waals surface area (Å²) in [5.41, 5.74) is 3.24. The molecule has 0 spiro atoms. The van der Waals surface area contributed by atoms with Crippen LogP contribution < -0.4 is 4.74 Å². The molecule has 1 aromatic rings. The van der Waals surface area contributed by atoms with Crippen molar-refractivity contribution in [1.82, 2.24) is 0 Å². The standard InChI is InChI=1S/C14H20O3S/c1-6-17-14-9-12(18(5,15)16)7-8-13(14)11(4)10(2)3/h7-9H,6H2,1-5H3. The Kier molecular flexibility index (Phi) is 4.57. The highest BCUT2D eigenvalue weighted by Gasteiger charge is 2.13. The van der Waals surface area contributed by atoms with Gasteiger partial charge < -0.3 is 4.74 Å². The summed E-state index contributed by atoms with van der Waals surface area (Å²) in [6, 6.07) is 5.03. The first kappa shape index (κ1) is 14.8. The highest BCUT2D eigenvalue weighted by molar-refractivity contribution is 7.90. The quantitative estimate of drug-likeness (QED) is 0.841. The number of hydrogen-bond acceptors (Lipinski definition) is 3. The van der Waals surface area contributed by atoms with E-state index in [1.54, 1.807) is 12.1 Å². The maximum atomic E-state index is 11.5. The van der Waals surface area contributed by atoms with Gasteiger partial charge in [-0.25, -0.2) is 8.42 Å². The molecular weight excluding hydrogens is 248 g/mol. The van der Waals surface area contributed by atoms with Gasteiger partial charge in [-0.3, -0.25) is 0 Å². The van der Waals surface area contributed by atoms with E-state index in [2.05, 4.69) is 0 Å². The Bertz CT molecular complexity index is 565. The van der Waals surface area contributed by atoms with Gasteiger partial charge in [-0.15, -0.1) is 0 Å². The van der Waals surface area contributed by atoms with Gasteiger partial charge in [-0.05, 0) is 51.5 Å². The summed E-state index contributed by atoms with van der Waals surface area (Å²) in [6.07, 6.45) is 1.20. The van der Waals surface area contributed by atoms with Crippen LogP contribution in [0.2, 0.25) is 0 Å². The van der Waals surface area contributed by atoms with Gasteiger partial charge in [0.05, 0.1) is 11.5 Å². The molecule has 4 heteroatoms. The first-order valence-electron chi connectivity index (χ1n) is 5.88. The number of benzene rings is 1.